The highest BCUT2D eigenvalue weighted by molar-refractivity contribution is 6.05. The van der Waals surface area contributed by atoms with Crippen LogP contribution in [0.4, 0.5) is 21.7 Å². The Hall–Kier alpha value is -4.46. The van der Waals surface area contributed by atoms with E-state index in [1.54, 1.807) is 60.9 Å². The molecule has 0 unspecified atom stereocenters. The summed E-state index contributed by atoms with van der Waals surface area (Å²) in [6.07, 6.45) is 3.23. The number of amides is 1. The molecule has 0 radical (unpaired) electrons. The van der Waals surface area contributed by atoms with E-state index in [0.717, 1.165) is 0 Å². The van der Waals surface area contributed by atoms with Gasteiger partial charge in [-0.3, -0.25) is 4.79 Å². The predicted molar refractivity (Wildman–Crippen MR) is 123 cm³/mol. The van der Waals surface area contributed by atoms with Gasteiger partial charge in [-0.15, -0.1) is 0 Å². The molecular weight excluding hydrogens is 423 g/mol. The van der Waals surface area contributed by atoms with E-state index in [-0.39, 0.29) is 11.7 Å². The van der Waals surface area contributed by atoms with Crippen molar-refractivity contribution in [3.05, 3.63) is 90.5 Å². The topological polar surface area (TPSA) is 85.4 Å². The van der Waals surface area contributed by atoms with Gasteiger partial charge in [0.05, 0.1) is 0 Å². The number of fused-ring (bicyclic) bond motifs is 1. The van der Waals surface area contributed by atoms with Crippen LogP contribution < -0.4 is 20.1 Å². The monoisotopic (exact) mass is 442 g/mol. The second-order valence-corrected chi connectivity index (χ2v) is 7.32. The molecule has 0 saturated heterocycles. The molecule has 7 nitrogen and oxygen atoms in total. The lowest BCUT2D eigenvalue weighted by molar-refractivity contribution is 0.102. The third kappa shape index (κ3) is 4.74. The summed E-state index contributed by atoms with van der Waals surface area (Å²) in [5.74, 6) is 1.04. The summed E-state index contributed by atoms with van der Waals surface area (Å²) in [4.78, 5) is 21.3. The molecule has 4 aromatic rings. The Morgan fingerprint density at radius 3 is 2.42 bits per heavy atom. The van der Waals surface area contributed by atoms with Crippen LogP contribution >= 0.6 is 0 Å². The number of carbonyl (C=O) groups is 1. The number of carbonyl (C=O) groups excluding carboxylic acids is 1. The van der Waals surface area contributed by atoms with Crippen molar-refractivity contribution in [1.82, 2.24) is 9.97 Å². The lowest BCUT2D eigenvalue weighted by Crippen LogP contribution is -2.16. The molecule has 1 amide bonds. The molecule has 0 spiro atoms. The van der Waals surface area contributed by atoms with Crippen LogP contribution in [0.15, 0.2) is 79.1 Å². The van der Waals surface area contributed by atoms with Crippen molar-refractivity contribution in [2.75, 3.05) is 23.8 Å². The molecular formula is C25H19FN4O3. The highest BCUT2D eigenvalue weighted by Gasteiger charge is 2.14. The molecule has 2 heterocycles. The summed E-state index contributed by atoms with van der Waals surface area (Å²) in [5, 5.41) is 5.95. The number of nitrogens with one attached hydrogen (secondary N) is 2. The standard InChI is InChI=1S/C25H19FN4O3/c26-19-5-1-3-16(11-19)18-14-27-25(28-15-18)30-20-6-2-4-17(12-20)24(31)29-21-7-8-22-23(13-21)33-10-9-32-22/h1-8,11-15H,9-10H2,(H,29,31)(H,27,28,30). The summed E-state index contributed by atoms with van der Waals surface area (Å²) in [5.41, 5.74) is 3.13. The summed E-state index contributed by atoms with van der Waals surface area (Å²) in [7, 11) is 0. The number of hydrogen-bond acceptors (Lipinski definition) is 6. The first-order valence-electron chi connectivity index (χ1n) is 10.3. The van der Waals surface area contributed by atoms with Crippen molar-refractivity contribution in [3.63, 3.8) is 0 Å². The predicted octanol–water partition coefficient (Wildman–Crippen LogP) is 5.05. The molecule has 164 valence electrons. The van der Waals surface area contributed by atoms with Gasteiger partial charge in [0, 0.05) is 41.0 Å². The molecule has 3 aromatic carbocycles. The van der Waals surface area contributed by atoms with E-state index in [1.165, 1.54) is 12.1 Å². The smallest absolute Gasteiger partial charge is 0.255 e. The zero-order valence-corrected chi connectivity index (χ0v) is 17.4. The van der Waals surface area contributed by atoms with Crippen LogP contribution in [0, 0.1) is 5.82 Å². The van der Waals surface area contributed by atoms with Crippen molar-refractivity contribution < 1.29 is 18.7 Å². The maximum atomic E-state index is 13.4. The van der Waals surface area contributed by atoms with Gasteiger partial charge < -0.3 is 20.1 Å². The van der Waals surface area contributed by atoms with Gasteiger partial charge in [0.1, 0.15) is 19.0 Å². The quantitative estimate of drug-likeness (QED) is 0.450. The van der Waals surface area contributed by atoms with Gasteiger partial charge in [0.25, 0.3) is 5.91 Å². The van der Waals surface area contributed by atoms with Crippen molar-refractivity contribution in [3.8, 4) is 22.6 Å². The Morgan fingerprint density at radius 2 is 1.61 bits per heavy atom. The molecule has 0 fully saturated rings. The number of halogens is 1. The molecule has 1 aliphatic heterocycles. The molecule has 0 aliphatic carbocycles. The van der Waals surface area contributed by atoms with Gasteiger partial charge in [-0.25, -0.2) is 14.4 Å². The molecule has 1 aliphatic rings. The number of ether oxygens (including phenoxy) is 2. The van der Waals surface area contributed by atoms with Crippen LogP contribution in [0.5, 0.6) is 11.5 Å². The maximum Gasteiger partial charge on any atom is 0.255 e. The SMILES string of the molecule is O=C(Nc1ccc2c(c1)OCCO2)c1cccc(Nc2ncc(-c3cccc(F)c3)cn2)c1. The largest absolute Gasteiger partial charge is 0.486 e. The fourth-order valence-corrected chi connectivity index (χ4v) is 3.40. The van der Waals surface area contributed by atoms with E-state index < -0.39 is 0 Å². The number of anilines is 3. The van der Waals surface area contributed by atoms with Gasteiger partial charge >= 0.3 is 0 Å². The molecule has 8 heteroatoms. The zero-order valence-electron chi connectivity index (χ0n) is 17.4. The Bertz CT molecular complexity index is 1310. The Balaban J connectivity index is 1.27. The second kappa shape index (κ2) is 8.96. The highest BCUT2D eigenvalue weighted by atomic mass is 19.1. The molecule has 33 heavy (non-hydrogen) atoms. The minimum absolute atomic E-state index is 0.266. The molecule has 0 bridgehead atoms. The average molecular weight is 442 g/mol. The highest BCUT2D eigenvalue weighted by Crippen LogP contribution is 2.32. The van der Waals surface area contributed by atoms with Crippen molar-refractivity contribution in [1.29, 1.82) is 0 Å². The van der Waals surface area contributed by atoms with Crippen LogP contribution in [0.25, 0.3) is 11.1 Å². The molecule has 0 atom stereocenters. The number of aromatic nitrogens is 2. The van der Waals surface area contributed by atoms with Crippen LogP contribution in [-0.4, -0.2) is 29.1 Å². The minimum atomic E-state index is -0.318. The van der Waals surface area contributed by atoms with Gasteiger partial charge in [-0.1, -0.05) is 18.2 Å². The first-order valence-corrected chi connectivity index (χ1v) is 10.3. The second-order valence-electron chi connectivity index (χ2n) is 7.32. The molecule has 5 rings (SSSR count). The van der Waals surface area contributed by atoms with E-state index in [2.05, 4.69) is 20.6 Å². The van der Waals surface area contributed by atoms with Crippen LogP contribution in [0.3, 0.4) is 0 Å². The lowest BCUT2D eigenvalue weighted by Gasteiger charge is -2.19. The fraction of sp³-hybridized carbons (Fsp3) is 0.0800. The molecule has 0 saturated carbocycles. The Morgan fingerprint density at radius 1 is 0.818 bits per heavy atom. The summed E-state index contributed by atoms with van der Waals surface area (Å²) < 4.78 is 24.5. The Labute approximate surface area is 189 Å². The average Bonchev–Trinajstić information content (AvgIpc) is 2.84. The van der Waals surface area contributed by atoms with Gasteiger partial charge in [0.15, 0.2) is 11.5 Å². The molecule has 1 aromatic heterocycles. The van der Waals surface area contributed by atoms with E-state index in [9.17, 15) is 9.18 Å². The summed E-state index contributed by atoms with van der Waals surface area (Å²) >= 11 is 0. The van der Waals surface area contributed by atoms with Crippen LogP contribution in [0.1, 0.15) is 10.4 Å². The first kappa shape index (κ1) is 20.4. The number of hydrogen-bond donors (Lipinski definition) is 2. The van der Waals surface area contributed by atoms with E-state index in [0.29, 0.717) is 58.7 Å². The van der Waals surface area contributed by atoms with E-state index in [4.69, 9.17) is 9.47 Å². The van der Waals surface area contributed by atoms with Crippen LogP contribution in [-0.2, 0) is 0 Å². The third-order valence-corrected chi connectivity index (χ3v) is 4.99. The minimum Gasteiger partial charge on any atom is -0.486 e. The third-order valence-electron chi connectivity index (χ3n) is 4.99. The Kier molecular flexibility index (Phi) is 5.55. The number of benzene rings is 3. The van der Waals surface area contributed by atoms with Crippen molar-refractivity contribution in [2.45, 2.75) is 0 Å². The fourth-order valence-electron chi connectivity index (χ4n) is 3.40. The number of rotatable bonds is 5. The van der Waals surface area contributed by atoms with Crippen molar-refractivity contribution in [2.24, 2.45) is 0 Å². The summed E-state index contributed by atoms with van der Waals surface area (Å²) in [6, 6.07) is 18.5. The zero-order chi connectivity index (χ0) is 22.6. The lowest BCUT2D eigenvalue weighted by atomic mass is 10.1. The van der Waals surface area contributed by atoms with Gasteiger partial charge in [-0.2, -0.15) is 0 Å². The van der Waals surface area contributed by atoms with Gasteiger partial charge in [0.2, 0.25) is 5.95 Å². The van der Waals surface area contributed by atoms with E-state index in [1.807, 2.05) is 6.07 Å². The maximum absolute atomic E-state index is 13.4. The van der Waals surface area contributed by atoms with Crippen LogP contribution in [0.2, 0.25) is 0 Å². The van der Waals surface area contributed by atoms with Crippen molar-refractivity contribution >= 4 is 23.2 Å². The molecule has 2 N–H and O–H groups in total. The number of nitrogens with zero attached hydrogens (tertiary/aromatic N) is 2. The summed E-state index contributed by atoms with van der Waals surface area (Å²) in [6.45, 7) is 0.985. The first-order chi connectivity index (χ1) is 16.1. The van der Waals surface area contributed by atoms with Gasteiger partial charge in [-0.05, 0) is 48.0 Å². The normalized spacial score (nSPS) is 12.2. The van der Waals surface area contributed by atoms with E-state index >= 15 is 0 Å².